The van der Waals surface area contributed by atoms with Crippen molar-refractivity contribution in [2.24, 2.45) is 7.05 Å². The number of rotatable bonds is 3. The fourth-order valence-electron chi connectivity index (χ4n) is 3.92. The molecule has 7 nitrogen and oxygen atoms in total. The van der Waals surface area contributed by atoms with Crippen molar-refractivity contribution in [2.75, 3.05) is 0 Å². The predicted octanol–water partition coefficient (Wildman–Crippen LogP) is 3.85. The normalized spacial score (nSPS) is 18.9. The SMILES string of the molecule is Cc1nc(C)n(-c2cc(C3CC3c3nc4ccccc4n3C)nc(C(F)(F)F)n2)n1. The number of hydrogen-bond donors (Lipinski definition) is 0. The minimum absolute atomic E-state index is 0.00446. The highest BCUT2D eigenvalue weighted by atomic mass is 19.4. The van der Waals surface area contributed by atoms with Crippen LogP contribution in [0.3, 0.4) is 0 Å². The van der Waals surface area contributed by atoms with E-state index < -0.39 is 12.0 Å². The molecule has 4 aromatic rings. The zero-order valence-corrected chi connectivity index (χ0v) is 16.5. The van der Waals surface area contributed by atoms with E-state index in [1.165, 1.54) is 4.68 Å². The van der Waals surface area contributed by atoms with Gasteiger partial charge in [-0.3, -0.25) is 0 Å². The van der Waals surface area contributed by atoms with Gasteiger partial charge in [0.2, 0.25) is 5.82 Å². The summed E-state index contributed by atoms with van der Waals surface area (Å²) >= 11 is 0. The number of hydrogen-bond acceptors (Lipinski definition) is 5. The van der Waals surface area contributed by atoms with Gasteiger partial charge in [0, 0.05) is 24.9 Å². The molecule has 2 unspecified atom stereocenters. The Labute approximate surface area is 169 Å². The highest BCUT2D eigenvalue weighted by Gasteiger charge is 2.45. The van der Waals surface area contributed by atoms with Crippen LogP contribution in [0.5, 0.6) is 0 Å². The number of fused-ring (bicyclic) bond motifs is 1. The Bertz CT molecular complexity index is 1270. The monoisotopic (exact) mass is 413 g/mol. The predicted molar refractivity (Wildman–Crippen MR) is 102 cm³/mol. The Morgan fingerprint density at radius 3 is 2.43 bits per heavy atom. The maximum Gasteiger partial charge on any atom is 0.451 e. The van der Waals surface area contributed by atoms with Crippen LogP contribution in [0.25, 0.3) is 16.9 Å². The topological polar surface area (TPSA) is 74.3 Å². The molecule has 10 heteroatoms. The van der Waals surface area contributed by atoms with Gasteiger partial charge >= 0.3 is 6.18 Å². The maximum absolute atomic E-state index is 13.5. The number of para-hydroxylation sites is 2. The van der Waals surface area contributed by atoms with Crippen molar-refractivity contribution >= 4 is 11.0 Å². The number of nitrogens with zero attached hydrogens (tertiary/aromatic N) is 7. The van der Waals surface area contributed by atoms with Crippen LogP contribution in [-0.2, 0) is 13.2 Å². The first-order chi connectivity index (χ1) is 14.2. The van der Waals surface area contributed by atoms with E-state index in [0.717, 1.165) is 16.9 Å². The Morgan fingerprint density at radius 2 is 1.77 bits per heavy atom. The second-order valence-corrected chi connectivity index (χ2v) is 7.56. The molecule has 0 N–H and O–H groups in total. The highest BCUT2D eigenvalue weighted by molar-refractivity contribution is 5.76. The number of aryl methyl sites for hydroxylation is 3. The molecule has 0 bridgehead atoms. The van der Waals surface area contributed by atoms with Crippen molar-refractivity contribution in [3.63, 3.8) is 0 Å². The molecule has 1 fully saturated rings. The third-order valence-electron chi connectivity index (χ3n) is 5.40. The molecule has 1 aliphatic carbocycles. The Balaban J connectivity index is 1.56. The molecule has 1 saturated carbocycles. The minimum atomic E-state index is -4.66. The van der Waals surface area contributed by atoms with E-state index in [9.17, 15) is 13.2 Å². The standard InChI is InChI=1S/C20H18F3N7/c1-10-24-11(2)30(28-10)17-9-15(26-19(27-17)20(21,22)23)12-8-13(12)18-25-14-6-4-5-7-16(14)29(18)3/h4-7,9,12-13H,8H2,1-3H3. The van der Waals surface area contributed by atoms with E-state index in [0.29, 0.717) is 23.8 Å². The maximum atomic E-state index is 13.5. The van der Waals surface area contributed by atoms with Gasteiger partial charge in [0.25, 0.3) is 0 Å². The van der Waals surface area contributed by atoms with Crippen molar-refractivity contribution in [3.05, 3.63) is 59.3 Å². The number of halogens is 3. The van der Waals surface area contributed by atoms with Crippen molar-refractivity contribution in [2.45, 2.75) is 38.3 Å². The van der Waals surface area contributed by atoms with Crippen LogP contribution < -0.4 is 0 Å². The summed E-state index contributed by atoms with van der Waals surface area (Å²) in [6.45, 7) is 3.35. The molecule has 3 aromatic heterocycles. The summed E-state index contributed by atoms with van der Waals surface area (Å²) in [5.41, 5.74) is 2.21. The first-order valence-corrected chi connectivity index (χ1v) is 9.50. The van der Waals surface area contributed by atoms with E-state index in [-0.39, 0.29) is 17.7 Å². The zero-order chi connectivity index (χ0) is 21.2. The summed E-state index contributed by atoms with van der Waals surface area (Å²) < 4.78 is 43.8. The molecule has 1 aromatic carbocycles. The van der Waals surface area contributed by atoms with Gasteiger partial charge in [0.1, 0.15) is 17.5 Å². The average molecular weight is 413 g/mol. The van der Waals surface area contributed by atoms with Gasteiger partial charge in [-0.1, -0.05) is 12.1 Å². The smallest absolute Gasteiger partial charge is 0.331 e. The van der Waals surface area contributed by atoms with Gasteiger partial charge in [-0.15, -0.1) is 5.10 Å². The quantitative estimate of drug-likeness (QED) is 0.510. The lowest BCUT2D eigenvalue weighted by Gasteiger charge is -2.11. The molecule has 30 heavy (non-hydrogen) atoms. The van der Waals surface area contributed by atoms with Crippen molar-refractivity contribution < 1.29 is 13.2 Å². The molecule has 0 saturated heterocycles. The fourth-order valence-corrected chi connectivity index (χ4v) is 3.92. The van der Waals surface area contributed by atoms with Gasteiger partial charge in [0.15, 0.2) is 5.82 Å². The number of aromatic nitrogens is 7. The van der Waals surface area contributed by atoms with Crippen LogP contribution in [0.4, 0.5) is 13.2 Å². The molecular weight excluding hydrogens is 395 g/mol. The second kappa shape index (κ2) is 6.35. The first-order valence-electron chi connectivity index (χ1n) is 9.50. The molecular formula is C20H18F3N7. The number of benzene rings is 1. The summed E-state index contributed by atoms with van der Waals surface area (Å²) in [7, 11) is 1.92. The first kappa shape index (κ1) is 18.7. The third kappa shape index (κ3) is 3.03. The van der Waals surface area contributed by atoms with Crippen LogP contribution in [0.15, 0.2) is 30.3 Å². The average Bonchev–Trinajstić information content (AvgIpc) is 3.32. The van der Waals surface area contributed by atoms with Gasteiger partial charge < -0.3 is 4.57 Å². The van der Waals surface area contributed by atoms with Gasteiger partial charge in [-0.25, -0.2) is 19.9 Å². The molecule has 1 aliphatic rings. The van der Waals surface area contributed by atoms with Crippen LogP contribution in [-0.4, -0.2) is 34.3 Å². The summed E-state index contributed by atoms with van der Waals surface area (Å²) in [6, 6.07) is 9.33. The van der Waals surface area contributed by atoms with E-state index in [4.69, 9.17) is 0 Å². The zero-order valence-electron chi connectivity index (χ0n) is 16.5. The number of imidazole rings is 1. The van der Waals surface area contributed by atoms with Gasteiger partial charge in [-0.05, 0) is 32.4 Å². The molecule has 0 aliphatic heterocycles. The second-order valence-electron chi connectivity index (χ2n) is 7.56. The molecule has 154 valence electrons. The van der Waals surface area contributed by atoms with Crippen molar-refractivity contribution in [1.29, 1.82) is 0 Å². The largest absolute Gasteiger partial charge is 0.451 e. The summed E-state index contributed by atoms with van der Waals surface area (Å²) in [5.74, 6) is 0.526. The van der Waals surface area contributed by atoms with Crippen molar-refractivity contribution in [3.8, 4) is 5.82 Å². The van der Waals surface area contributed by atoms with Gasteiger partial charge in [-0.2, -0.15) is 17.9 Å². The van der Waals surface area contributed by atoms with Crippen molar-refractivity contribution in [1.82, 2.24) is 34.3 Å². The Kier molecular flexibility index (Phi) is 3.96. The molecule has 2 atom stereocenters. The Morgan fingerprint density at radius 1 is 1.00 bits per heavy atom. The molecule has 3 heterocycles. The lowest BCUT2D eigenvalue weighted by Crippen LogP contribution is -2.16. The van der Waals surface area contributed by atoms with E-state index >= 15 is 0 Å². The third-order valence-corrected chi connectivity index (χ3v) is 5.40. The summed E-state index contributed by atoms with van der Waals surface area (Å²) in [6.07, 6.45) is -3.98. The van der Waals surface area contributed by atoms with Crippen LogP contribution >= 0.6 is 0 Å². The van der Waals surface area contributed by atoms with Crippen LogP contribution in [0.1, 0.15) is 47.2 Å². The molecule has 0 radical (unpaired) electrons. The lowest BCUT2D eigenvalue weighted by molar-refractivity contribution is -0.145. The van der Waals surface area contributed by atoms with Crippen LogP contribution in [0.2, 0.25) is 0 Å². The number of alkyl halides is 3. The lowest BCUT2D eigenvalue weighted by atomic mass is 10.2. The molecule has 0 spiro atoms. The van der Waals surface area contributed by atoms with E-state index in [2.05, 4.69) is 25.0 Å². The summed E-state index contributed by atoms with van der Waals surface area (Å²) in [4.78, 5) is 16.4. The summed E-state index contributed by atoms with van der Waals surface area (Å²) in [5, 5.41) is 4.18. The fraction of sp³-hybridized carbons (Fsp3) is 0.350. The Hall–Kier alpha value is -3.30. The molecule has 0 amide bonds. The van der Waals surface area contributed by atoms with Crippen LogP contribution in [0, 0.1) is 13.8 Å². The minimum Gasteiger partial charge on any atom is -0.331 e. The molecule has 5 rings (SSSR count). The van der Waals surface area contributed by atoms with E-state index in [1.807, 2.05) is 35.9 Å². The van der Waals surface area contributed by atoms with Gasteiger partial charge in [0.05, 0.1) is 16.7 Å². The highest BCUT2D eigenvalue weighted by Crippen LogP contribution is 2.54. The van der Waals surface area contributed by atoms with E-state index in [1.54, 1.807) is 19.9 Å².